The normalized spacial score (nSPS) is 10.4. The molecule has 1 aromatic carbocycles. The Morgan fingerprint density at radius 2 is 2.25 bits per heavy atom. The van der Waals surface area contributed by atoms with Gasteiger partial charge in [-0.05, 0) is 25.1 Å². The van der Waals surface area contributed by atoms with Crippen molar-refractivity contribution in [2.24, 2.45) is 0 Å². The lowest BCUT2D eigenvalue weighted by Crippen LogP contribution is -2.02. The van der Waals surface area contributed by atoms with E-state index >= 15 is 0 Å². The van der Waals surface area contributed by atoms with Gasteiger partial charge < -0.3 is 14.5 Å². The lowest BCUT2D eigenvalue weighted by Gasteiger charge is -2.06. The number of hydrogen-bond donors (Lipinski definition) is 1. The van der Waals surface area contributed by atoms with Crippen LogP contribution >= 0.6 is 11.6 Å². The van der Waals surface area contributed by atoms with Crippen LogP contribution in [0, 0.1) is 12.7 Å². The van der Waals surface area contributed by atoms with E-state index in [1.165, 1.54) is 13.2 Å². The predicted octanol–water partition coefficient (Wildman–Crippen LogP) is 3.78. The van der Waals surface area contributed by atoms with Gasteiger partial charge in [0.25, 0.3) is 0 Å². The second kappa shape index (κ2) is 5.96. The summed E-state index contributed by atoms with van der Waals surface area (Å²) in [5.41, 5.74) is 0.627. The Morgan fingerprint density at radius 1 is 1.50 bits per heavy atom. The quantitative estimate of drug-likeness (QED) is 0.873. The van der Waals surface area contributed by atoms with Crippen LogP contribution in [0.5, 0.6) is 0 Å². The zero-order valence-corrected chi connectivity index (χ0v) is 11.8. The maximum absolute atomic E-state index is 13.7. The highest BCUT2D eigenvalue weighted by Gasteiger charge is 2.15. The van der Waals surface area contributed by atoms with Gasteiger partial charge in [-0.1, -0.05) is 17.7 Å². The van der Waals surface area contributed by atoms with Crippen molar-refractivity contribution in [2.45, 2.75) is 13.5 Å². The van der Waals surface area contributed by atoms with E-state index in [-0.39, 0.29) is 17.3 Å². The smallest absolute Gasteiger partial charge is 0.341 e. The summed E-state index contributed by atoms with van der Waals surface area (Å²) in [6, 6.07) is 6.24. The second-order valence-electron chi connectivity index (χ2n) is 4.13. The number of anilines is 1. The van der Waals surface area contributed by atoms with Crippen molar-refractivity contribution in [1.29, 1.82) is 0 Å². The third-order valence-electron chi connectivity index (χ3n) is 2.78. The number of methoxy groups -OCH3 is 1. The summed E-state index contributed by atoms with van der Waals surface area (Å²) in [5.74, 6) is -0.0282. The van der Waals surface area contributed by atoms with Crippen molar-refractivity contribution < 1.29 is 18.3 Å². The van der Waals surface area contributed by atoms with Gasteiger partial charge in [0.1, 0.15) is 17.1 Å². The largest absolute Gasteiger partial charge is 0.465 e. The van der Waals surface area contributed by atoms with Crippen molar-refractivity contribution in [2.75, 3.05) is 12.4 Å². The molecule has 6 heteroatoms. The number of rotatable bonds is 4. The van der Waals surface area contributed by atoms with Gasteiger partial charge in [-0.25, -0.2) is 9.18 Å². The lowest BCUT2D eigenvalue weighted by molar-refractivity contribution is 0.0599. The summed E-state index contributed by atoms with van der Waals surface area (Å²) in [5, 5.41) is 2.90. The fraction of sp³-hybridized carbons (Fsp3) is 0.214. The van der Waals surface area contributed by atoms with Crippen molar-refractivity contribution in [3.05, 3.63) is 52.2 Å². The molecule has 2 rings (SSSR count). The first-order valence-electron chi connectivity index (χ1n) is 5.88. The molecule has 0 aliphatic heterocycles. The molecular weight excluding hydrogens is 285 g/mol. The third kappa shape index (κ3) is 2.93. The molecule has 0 aliphatic rings. The van der Waals surface area contributed by atoms with Gasteiger partial charge in [-0.15, -0.1) is 0 Å². The summed E-state index contributed by atoms with van der Waals surface area (Å²) >= 11 is 5.69. The Morgan fingerprint density at radius 3 is 2.95 bits per heavy atom. The maximum atomic E-state index is 13.7. The Hall–Kier alpha value is -2.01. The molecule has 106 valence electrons. The molecule has 1 heterocycles. The van der Waals surface area contributed by atoms with E-state index in [0.29, 0.717) is 17.1 Å². The summed E-state index contributed by atoms with van der Waals surface area (Å²) < 4.78 is 23.7. The number of aryl methyl sites for hydroxylation is 1. The highest BCUT2D eigenvalue weighted by Crippen LogP contribution is 2.23. The summed E-state index contributed by atoms with van der Waals surface area (Å²) in [7, 11) is 1.30. The zero-order chi connectivity index (χ0) is 14.7. The number of nitrogens with one attached hydrogen (secondary N) is 1. The molecular formula is C14H13ClFNO3. The molecule has 0 bridgehead atoms. The van der Waals surface area contributed by atoms with Crippen LogP contribution in [0.25, 0.3) is 0 Å². The van der Waals surface area contributed by atoms with Gasteiger partial charge in [0.2, 0.25) is 0 Å². The fourth-order valence-electron chi connectivity index (χ4n) is 1.77. The Kier molecular flexibility index (Phi) is 4.29. The molecule has 0 fully saturated rings. The van der Waals surface area contributed by atoms with E-state index in [2.05, 4.69) is 10.1 Å². The highest BCUT2D eigenvalue weighted by molar-refractivity contribution is 6.31. The minimum atomic E-state index is -0.523. The summed E-state index contributed by atoms with van der Waals surface area (Å²) in [4.78, 5) is 11.4. The van der Waals surface area contributed by atoms with E-state index in [0.717, 1.165) is 0 Å². The first kappa shape index (κ1) is 14.4. The molecule has 0 atom stereocenters. The number of benzene rings is 1. The number of carbonyl (C=O) groups excluding carboxylic acids is 1. The number of halogens is 2. The van der Waals surface area contributed by atoms with Gasteiger partial charge in [-0.2, -0.15) is 0 Å². The van der Waals surface area contributed by atoms with E-state index in [4.69, 9.17) is 16.0 Å². The highest BCUT2D eigenvalue weighted by atomic mass is 35.5. The number of hydrogen-bond acceptors (Lipinski definition) is 4. The lowest BCUT2D eigenvalue weighted by atomic mass is 10.2. The van der Waals surface area contributed by atoms with Gasteiger partial charge >= 0.3 is 5.97 Å². The Bertz CT molecular complexity index is 639. The molecule has 1 N–H and O–H groups in total. The number of furan rings is 1. The average Bonchev–Trinajstić information content (AvgIpc) is 2.81. The van der Waals surface area contributed by atoms with Gasteiger partial charge in [0.15, 0.2) is 5.82 Å². The predicted molar refractivity (Wildman–Crippen MR) is 73.5 cm³/mol. The molecule has 1 aromatic heterocycles. The molecule has 0 spiro atoms. The molecule has 0 saturated carbocycles. The molecule has 4 nitrogen and oxygen atoms in total. The monoisotopic (exact) mass is 297 g/mol. The molecule has 0 radical (unpaired) electrons. The number of esters is 1. The summed E-state index contributed by atoms with van der Waals surface area (Å²) in [6.45, 7) is 1.89. The van der Waals surface area contributed by atoms with Crippen molar-refractivity contribution in [3.8, 4) is 0 Å². The van der Waals surface area contributed by atoms with Crippen LogP contribution < -0.4 is 5.32 Å². The molecule has 2 aromatic rings. The molecule has 20 heavy (non-hydrogen) atoms. The standard InChI is InChI=1S/C14H13ClFNO3/c1-8-10(14(18)19-2)6-9(20-8)7-17-12-5-3-4-11(15)13(12)16/h3-6,17H,7H2,1-2H3. The zero-order valence-electron chi connectivity index (χ0n) is 11.0. The summed E-state index contributed by atoms with van der Waals surface area (Å²) in [6.07, 6.45) is 0. The van der Waals surface area contributed by atoms with Crippen molar-refractivity contribution >= 4 is 23.3 Å². The van der Waals surface area contributed by atoms with Crippen LogP contribution in [-0.4, -0.2) is 13.1 Å². The first-order valence-corrected chi connectivity index (χ1v) is 6.26. The van der Waals surface area contributed by atoms with Crippen LogP contribution in [0.1, 0.15) is 21.9 Å². The van der Waals surface area contributed by atoms with Gasteiger partial charge in [0, 0.05) is 0 Å². The van der Waals surface area contributed by atoms with E-state index < -0.39 is 11.8 Å². The van der Waals surface area contributed by atoms with Crippen LogP contribution in [-0.2, 0) is 11.3 Å². The van der Waals surface area contributed by atoms with E-state index in [1.807, 2.05) is 0 Å². The first-order chi connectivity index (χ1) is 9.52. The SMILES string of the molecule is COC(=O)c1cc(CNc2cccc(Cl)c2F)oc1C. The minimum absolute atomic E-state index is 0.0425. The fourth-order valence-corrected chi connectivity index (χ4v) is 1.94. The molecule has 0 saturated heterocycles. The van der Waals surface area contributed by atoms with Crippen molar-refractivity contribution in [1.82, 2.24) is 0 Å². The van der Waals surface area contributed by atoms with Crippen LogP contribution in [0.15, 0.2) is 28.7 Å². The average molecular weight is 298 g/mol. The molecule has 0 amide bonds. The Balaban J connectivity index is 2.12. The topological polar surface area (TPSA) is 51.5 Å². The van der Waals surface area contributed by atoms with Crippen LogP contribution in [0.4, 0.5) is 10.1 Å². The Labute approximate surface area is 120 Å². The minimum Gasteiger partial charge on any atom is -0.465 e. The van der Waals surface area contributed by atoms with Gasteiger partial charge in [-0.3, -0.25) is 0 Å². The van der Waals surface area contributed by atoms with Crippen LogP contribution in [0.3, 0.4) is 0 Å². The molecule has 0 aliphatic carbocycles. The third-order valence-corrected chi connectivity index (χ3v) is 3.07. The van der Waals surface area contributed by atoms with Crippen molar-refractivity contribution in [3.63, 3.8) is 0 Å². The second-order valence-corrected chi connectivity index (χ2v) is 4.54. The van der Waals surface area contributed by atoms with Gasteiger partial charge in [0.05, 0.1) is 24.4 Å². The van der Waals surface area contributed by atoms with E-state index in [9.17, 15) is 9.18 Å². The maximum Gasteiger partial charge on any atom is 0.341 e. The van der Waals surface area contributed by atoms with Crippen LogP contribution in [0.2, 0.25) is 5.02 Å². The number of carbonyl (C=O) groups is 1. The molecule has 0 unspecified atom stereocenters. The van der Waals surface area contributed by atoms with E-state index in [1.54, 1.807) is 25.1 Å². The number of ether oxygens (including phenoxy) is 1.